The lowest BCUT2D eigenvalue weighted by Gasteiger charge is -2.20. The highest BCUT2D eigenvalue weighted by molar-refractivity contribution is 4.85. The lowest BCUT2D eigenvalue weighted by molar-refractivity contribution is 0.113. The van der Waals surface area contributed by atoms with E-state index >= 15 is 0 Å². The Kier molecular flexibility index (Phi) is 5.02. The molecule has 0 amide bonds. The molecule has 1 aromatic rings. The highest BCUT2D eigenvalue weighted by Crippen LogP contribution is 2.08. The first-order valence-corrected chi connectivity index (χ1v) is 6.03. The molecule has 0 fully saturated rings. The Morgan fingerprint density at radius 3 is 2.71 bits per heavy atom. The van der Waals surface area contributed by atoms with Gasteiger partial charge in [-0.15, -0.1) is 5.10 Å². The van der Waals surface area contributed by atoms with Gasteiger partial charge in [0.15, 0.2) is 5.82 Å². The fourth-order valence-electron chi connectivity index (χ4n) is 1.37. The van der Waals surface area contributed by atoms with Crippen LogP contribution in [0.15, 0.2) is 0 Å². The van der Waals surface area contributed by atoms with Crippen molar-refractivity contribution in [2.24, 2.45) is 0 Å². The van der Waals surface area contributed by atoms with E-state index in [1.54, 1.807) is 0 Å². The molecular formula is C11H23N5O. The molecule has 0 saturated heterocycles. The van der Waals surface area contributed by atoms with Gasteiger partial charge in [-0.25, -0.2) is 4.68 Å². The molecule has 0 bridgehead atoms. The molecule has 0 spiro atoms. The van der Waals surface area contributed by atoms with Crippen LogP contribution in [-0.4, -0.2) is 39.0 Å². The molecule has 0 aliphatic carbocycles. The molecule has 1 N–H and O–H groups in total. The zero-order valence-electron chi connectivity index (χ0n) is 11.4. The fourth-order valence-corrected chi connectivity index (χ4v) is 1.37. The Morgan fingerprint density at radius 1 is 1.41 bits per heavy atom. The molecular weight excluding hydrogens is 218 g/mol. The third kappa shape index (κ3) is 4.79. The summed E-state index contributed by atoms with van der Waals surface area (Å²) in [6.45, 7) is 12.4. The van der Waals surface area contributed by atoms with Gasteiger partial charge in [0.05, 0.1) is 19.2 Å². The monoisotopic (exact) mass is 241 g/mol. The molecule has 1 aromatic heterocycles. The van der Waals surface area contributed by atoms with Crippen molar-refractivity contribution in [1.82, 2.24) is 25.5 Å². The van der Waals surface area contributed by atoms with Crippen LogP contribution in [0.4, 0.5) is 0 Å². The number of nitrogens with one attached hydrogen (secondary N) is 1. The highest BCUT2D eigenvalue weighted by atomic mass is 16.5. The van der Waals surface area contributed by atoms with Gasteiger partial charge in [0.2, 0.25) is 0 Å². The summed E-state index contributed by atoms with van der Waals surface area (Å²) in [4.78, 5) is 0. The lowest BCUT2D eigenvalue weighted by Crippen LogP contribution is -2.36. The van der Waals surface area contributed by atoms with Crippen LogP contribution in [0.1, 0.15) is 46.5 Å². The Bertz CT molecular complexity index is 331. The average molecular weight is 241 g/mol. The summed E-state index contributed by atoms with van der Waals surface area (Å²) in [6, 6.07) is 0.154. The topological polar surface area (TPSA) is 64.9 Å². The van der Waals surface area contributed by atoms with Crippen LogP contribution >= 0.6 is 0 Å². The first kappa shape index (κ1) is 14.1. The normalized spacial score (nSPS) is 13.9. The molecule has 1 unspecified atom stereocenters. The van der Waals surface area contributed by atoms with Crippen molar-refractivity contribution in [2.75, 3.05) is 13.2 Å². The second-order valence-corrected chi connectivity index (χ2v) is 5.15. The minimum absolute atomic E-state index is 0.0555. The summed E-state index contributed by atoms with van der Waals surface area (Å²) in [5, 5.41) is 15.1. The summed E-state index contributed by atoms with van der Waals surface area (Å²) < 4.78 is 7.20. The molecule has 0 aliphatic heterocycles. The third-order valence-electron chi connectivity index (χ3n) is 2.32. The van der Waals surface area contributed by atoms with Gasteiger partial charge < -0.3 is 10.1 Å². The molecule has 0 aromatic carbocycles. The predicted octanol–water partition coefficient (Wildman–Crippen LogP) is 1.16. The van der Waals surface area contributed by atoms with Gasteiger partial charge in [-0.2, -0.15) is 0 Å². The van der Waals surface area contributed by atoms with Crippen LogP contribution in [0.25, 0.3) is 0 Å². The first-order chi connectivity index (χ1) is 7.94. The second-order valence-electron chi connectivity index (χ2n) is 5.15. The van der Waals surface area contributed by atoms with Crippen molar-refractivity contribution in [2.45, 2.75) is 52.7 Å². The van der Waals surface area contributed by atoms with Crippen molar-refractivity contribution in [3.63, 3.8) is 0 Å². The standard InChI is InChI=1S/C11H23N5O/c1-6-17-8-9(2)16-10(13-14-15-16)7-12-11(3,4)5/h9,12H,6-8H2,1-5H3. The molecule has 17 heavy (non-hydrogen) atoms. The Labute approximate surface area is 103 Å². The van der Waals surface area contributed by atoms with Gasteiger partial charge in [0.25, 0.3) is 0 Å². The van der Waals surface area contributed by atoms with Crippen LogP contribution in [0.2, 0.25) is 0 Å². The maximum Gasteiger partial charge on any atom is 0.165 e. The summed E-state index contributed by atoms with van der Waals surface area (Å²) in [5.41, 5.74) is 0.0555. The Balaban J connectivity index is 2.59. The Hall–Kier alpha value is -1.01. The van der Waals surface area contributed by atoms with Crippen LogP contribution < -0.4 is 5.32 Å². The summed E-state index contributed by atoms with van der Waals surface area (Å²) >= 11 is 0. The van der Waals surface area contributed by atoms with Crippen LogP contribution in [0.5, 0.6) is 0 Å². The van der Waals surface area contributed by atoms with Crippen molar-refractivity contribution in [1.29, 1.82) is 0 Å². The van der Waals surface area contributed by atoms with E-state index in [2.05, 4.69) is 41.6 Å². The number of hydrogen-bond acceptors (Lipinski definition) is 5. The van der Waals surface area contributed by atoms with Crippen molar-refractivity contribution in [3.05, 3.63) is 5.82 Å². The molecule has 1 atom stereocenters. The minimum atomic E-state index is 0.0555. The molecule has 1 heterocycles. The van der Waals surface area contributed by atoms with Crippen LogP contribution in [0.3, 0.4) is 0 Å². The van der Waals surface area contributed by atoms with E-state index in [0.717, 1.165) is 5.82 Å². The van der Waals surface area contributed by atoms with E-state index in [9.17, 15) is 0 Å². The number of hydrogen-bond donors (Lipinski definition) is 1. The molecule has 1 rings (SSSR count). The maximum absolute atomic E-state index is 5.38. The molecule has 0 aliphatic rings. The third-order valence-corrected chi connectivity index (χ3v) is 2.32. The number of rotatable bonds is 6. The highest BCUT2D eigenvalue weighted by Gasteiger charge is 2.15. The molecule has 6 heteroatoms. The predicted molar refractivity (Wildman–Crippen MR) is 65.6 cm³/mol. The fraction of sp³-hybridized carbons (Fsp3) is 0.909. The van der Waals surface area contributed by atoms with Crippen LogP contribution in [-0.2, 0) is 11.3 Å². The van der Waals surface area contributed by atoms with Gasteiger partial charge in [0.1, 0.15) is 0 Å². The van der Waals surface area contributed by atoms with E-state index in [1.165, 1.54) is 0 Å². The van der Waals surface area contributed by atoms with Gasteiger partial charge in [-0.05, 0) is 45.0 Å². The first-order valence-electron chi connectivity index (χ1n) is 6.03. The minimum Gasteiger partial charge on any atom is -0.380 e. The van der Waals surface area contributed by atoms with Gasteiger partial charge >= 0.3 is 0 Å². The SMILES string of the molecule is CCOCC(C)n1nnnc1CNC(C)(C)C. The number of ether oxygens (including phenoxy) is 1. The van der Waals surface area contributed by atoms with Gasteiger partial charge in [-0.3, -0.25) is 0 Å². The summed E-state index contributed by atoms with van der Waals surface area (Å²) in [5.74, 6) is 0.840. The van der Waals surface area contributed by atoms with Crippen molar-refractivity contribution >= 4 is 0 Å². The molecule has 6 nitrogen and oxygen atoms in total. The lowest BCUT2D eigenvalue weighted by atomic mass is 10.1. The number of nitrogens with zero attached hydrogens (tertiary/aromatic N) is 4. The largest absolute Gasteiger partial charge is 0.380 e. The smallest absolute Gasteiger partial charge is 0.165 e. The summed E-state index contributed by atoms with van der Waals surface area (Å²) in [6.07, 6.45) is 0. The zero-order valence-corrected chi connectivity index (χ0v) is 11.4. The van der Waals surface area contributed by atoms with E-state index in [4.69, 9.17) is 4.74 Å². The van der Waals surface area contributed by atoms with Crippen LogP contribution in [0, 0.1) is 0 Å². The van der Waals surface area contributed by atoms with Crippen molar-refractivity contribution < 1.29 is 4.74 Å². The quantitative estimate of drug-likeness (QED) is 0.809. The number of tetrazole rings is 1. The Morgan fingerprint density at radius 2 is 2.12 bits per heavy atom. The second kappa shape index (κ2) is 6.07. The van der Waals surface area contributed by atoms with E-state index < -0.39 is 0 Å². The van der Waals surface area contributed by atoms with E-state index in [-0.39, 0.29) is 11.6 Å². The van der Waals surface area contributed by atoms with Gasteiger partial charge in [-0.1, -0.05) is 0 Å². The molecule has 0 saturated carbocycles. The van der Waals surface area contributed by atoms with E-state index in [1.807, 2.05) is 18.5 Å². The molecule has 0 radical (unpaired) electrons. The zero-order chi connectivity index (χ0) is 12.9. The number of aromatic nitrogens is 4. The molecule has 98 valence electrons. The summed E-state index contributed by atoms with van der Waals surface area (Å²) in [7, 11) is 0. The average Bonchev–Trinajstić information content (AvgIpc) is 2.70. The van der Waals surface area contributed by atoms with Crippen molar-refractivity contribution in [3.8, 4) is 0 Å². The van der Waals surface area contributed by atoms with E-state index in [0.29, 0.717) is 19.8 Å². The maximum atomic E-state index is 5.38. The van der Waals surface area contributed by atoms with Gasteiger partial charge in [0, 0.05) is 12.1 Å².